The van der Waals surface area contributed by atoms with Crippen molar-refractivity contribution in [2.75, 3.05) is 0 Å². The zero-order chi connectivity index (χ0) is 21.1. The molecule has 0 aliphatic carbocycles. The van der Waals surface area contributed by atoms with E-state index in [1.165, 1.54) is 6.92 Å². The van der Waals surface area contributed by atoms with Gasteiger partial charge in [-0.05, 0) is 26.7 Å². The summed E-state index contributed by atoms with van der Waals surface area (Å²) >= 11 is 0. The van der Waals surface area contributed by atoms with Crippen LogP contribution in [0.25, 0.3) is 0 Å². The summed E-state index contributed by atoms with van der Waals surface area (Å²) < 4.78 is 121. The Morgan fingerprint density at radius 1 is 0.962 bits per heavy atom. The Morgan fingerprint density at radius 3 is 1.65 bits per heavy atom. The van der Waals surface area contributed by atoms with E-state index in [1.54, 1.807) is 0 Å². The topological polar surface area (TPSA) is 94.6 Å². The van der Waals surface area contributed by atoms with Crippen molar-refractivity contribution in [1.82, 2.24) is 0 Å². The molecular formula is C12H16F6O6S2. The quantitative estimate of drug-likeness (QED) is 0.331. The fourth-order valence-corrected chi connectivity index (χ4v) is 5.20. The zero-order valence-electron chi connectivity index (χ0n) is 13.5. The highest BCUT2D eigenvalue weighted by Gasteiger charge is 2.62. The molecule has 1 atom stereocenters. The first-order chi connectivity index (χ1) is 11.3. The molecule has 0 spiro atoms. The normalized spacial score (nSPS) is 15.0. The molecule has 0 bridgehead atoms. The van der Waals surface area contributed by atoms with Crippen molar-refractivity contribution >= 4 is 25.6 Å². The van der Waals surface area contributed by atoms with Gasteiger partial charge in [0.1, 0.15) is 0 Å². The van der Waals surface area contributed by atoms with E-state index < -0.39 is 60.2 Å². The highest BCUT2D eigenvalue weighted by molar-refractivity contribution is 8.09. The van der Waals surface area contributed by atoms with Crippen LogP contribution in [-0.2, 0) is 29.2 Å². The van der Waals surface area contributed by atoms with Gasteiger partial charge in [-0.2, -0.15) is 26.3 Å². The van der Waals surface area contributed by atoms with Gasteiger partial charge in [0.05, 0.1) is 12.5 Å². The molecule has 0 aliphatic heterocycles. The van der Waals surface area contributed by atoms with Gasteiger partial charge in [0.2, 0.25) is 0 Å². The predicted octanol–water partition coefficient (Wildman–Crippen LogP) is 2.86. The number of alkyl halides is 6. The number of halogens is 6. The Hall–Kier alpha value is -1.31. The number of hydrogen-bond acceptors (Lipinski definition) is 6. The van der Waals surface area contributed by atoms with E-state index >= 15 is 0 Å². The van der Waals surface area contributed by atoms with E-state index in [0.717, 1.165) is 6.92 Å². The summed E-state index contributed by atoms with van der Waals surface area (Å²) in [6.45, 7) is 5.90. The number of ether oxygens (including phenoxy) is 1. The first kappa shape index (κ1) is 24.7. The number of carbonyl (C=O) groups excluding carboxylic acids is 1. The second-order valence-electron chi connectivity index (χ2n) is 5.42. The molecule has 26 heavy (non-hydrogen) atoms. The van der Waals surface area contributed by atoms with Crippen molar-refractivity contribution in [3.63, 3.8) is 0 Å². The van der Waals surface area contributed by atoms with Crippen LogP contribution in [0.15, 0.2) is 12.2 Å². The molecule has 6 nitrogen and oxygen atoms in total. The van der Waals surface area contributed by atoms with E-state index in [4.69, 9.17) is 0 Å². The molecule has 154 valence electrons. The third-order valence-electron chi connectivity index (χ3n) is 2.93. The van der Waals surface area contributed by atoms with Crippen LogP contribution < -0.4 is 0 Å². The maximum atomic E-state index is 12.6. The van der Waals surface area contributed by atoms with Crippen LogP contribution in [0.3, 0.4) is 0 Å². The van der Waals surface area contributed by atoms with E-state index in [9.17, 15) is 48.0 Å². The van der Waals surface area contributed by atoms with Crippen LogP contribution >= 0.6 is 0 Å². The lowest BCUT2D eigenvalue weighted by molar-refractivity contribution is -0.147. The van der Waals surface area contributed by atoms with Crippen molar-refractivity contribution in [2.45, 2.75) is 54.8 Å². The minimum absolute atomic E-state index is 0.282. The summed E-state index contributed by atoms with van der Waals surface area (Å²) in [5.41, 5.74) is -12.1. The second-order valence-corrected chi connectivity index (χ2v) is 9.97. The van der Waals surface area contributed by atoms with Crippen LogP contribution in [-0.4, -0.2) is 44.5 Å². The van der Waals surface area contributed by atoms with E-state index in [1.807, 2.05) is 0 Å². The van der Waals surface area contributed by atoms with Gasteiger partial charge >= 0.3 is 17.0 Å². The Balaban J connectivity index is 5.56. The lowest BCUT2D eigenvalue weighted by atomic mass is 10.2. The third kappa shape index (κ3) is 6.14. The van der Waals surface area contributed by atoms with Crippen LogP contribution in [0, 0.1) is 0 Å². The van der Waals surface area contributed by atoms with Gasteiger partial charge in [0, 0.05) is 0 Å². The number of rotatable bonds is 8. The first-order valence-corrected chi connectivity index (χ1v) is 9.87. The molecule has 0 N–H and O–H groups in total. The maximum Gasteiger partial charge on any atom is 0.498 e. The monoisotopic (exact) mass is 434 g/mol. The van der Waals surface area contributed by atoms with E-state index in [-0.39, 0.29) is 6.42 Å². The van der Waals surface area contributed by atoms with Crippen molar-refractivity contribution in [1.29, 1.82) is 0 Å². The summed E-state index contributed by atoms with van der Waals surface area (Å²) in [6.07, 6.45) is -4.03. The van der Waals surface area contributed by atoms with Crippen molar-refractivity contribution in [2.24, 2.45) is 0 Å². The summed E-state index contributed by atoms with van der Waals surface area (Å²) in [6, 6.07) is 0. The molecule has 14 heteroatoms. The highest BCUT2D eigenvalue weighted by Crippen LogP contribution is 2.38. The van der Waals surface area contributed by atoms with Crippen molar-refractivity contribution < 1.29 is 52.7 Å². The third-order valence-corrected chi connectivity index (χ3v) is 7.59. The lowest BCUT2D eigenvalue weighted by Crippen LogP contribution is -2.45. The van der Waals surface area contributed by atoms with Crippen LogP contribution in [0.5, 0.6) is 0 Å². The van der Waals surface area contributed by atoms with Crippen LogP contribution in [0.4, 0.5) is 26.3 Å². The van der Waals surface area contributed by atoms with Gasteiger partial charge in [0.15, 0.2) is 4.58 Å². The van der Waals surface area contributed by atoms with Crippen LogP contribution in [0.2, 0.25) is 0 Å². The van der Waals surface area contributed by atoms with Gasteiger partial charge < -0.3 is 4.74 Å². The highest BCUT2D eigenvalue weighted by atomic mass is 32.3. The smallest absolute Gasteiger partial charge is 0.462 e. The number of carbonyl (C=O) groups is 1. The van der Waals surface area contributed by atoms with Gasteiger partial charge in [-0.25, -0.2) is 16.8 Å². The average Bonchev–Trinajstić information content (AvgIpc) is 2.33. The van der Waals surface area contributed by atoms with Gasteiger partial charge in [-0.1, -0.05) is 12.2 Å². The summed E-state index contributed by atoms with van der Waals surface area (Å²) in [4.78, 5) is 11.3. The van der Waals surface area contributed by atoms with Gasteiger partial charge in [-0.3, -0.25) is 4.79 Å². The maximum absolute atomic E-state index is 12.6. The average molecular weight is 434 g/mol. The molecule has 0 saturated carbocycles. The Morgan fingerprint density at radius 2 is 1.35 bits per heavy atom. The molecule has 1 unspecified atom stereocenters. The molecule has 0 aromatic rings. The minimum Gasteiger partial charge on any atom is -0.462 e. The van der Waals surface area contributed by atoms with Gasteiger partial charge in [-0.15, -0.1) is 0 Å². The van der Waals surface area contributed by atoms with Crippen molar-refractivity contribution in [3.8, 4) is 0 Å². The van der Waals surface area contributed by atoms with Gasteiger partial charge in [0.25, 0.3) is 19.7 Å². The summed E-state index contributed by atoms with van der Waals surface area (Å²) in [5, 5.41) is 0. The van der Waals surface area contributed by atoms with E-state index in [0.29, 0.717) is 5.57 Å². The Bertz CT molecular complexity index is 691. The van der Waals surface area contributed by atoms with E-state index in [2.05, 4.69) is 11.3 Å². The standard InChI is InChI=1S/C12H16F6O6S2/c1-7(2)6-9(19)24-8(3)4-5-10(25(20,21)11(13,14)15)26(22,23)12(16,17)18/h8,10H,1,4-6H2,2-3H3. The zero-order valence-corrected chi connectivity index (χ0v) is 15.1. The SMILES string of the molecule is C=C(C)CC(=O)OC(C)CCC(S(=O)(=O)C(F)(F)F)S(=O)(=O)C(F)(F)F. The summed E-state index contributed by atoms with van der Waals surface area (Å²) in [5.74, 6) is -0.904. The predicted molar refractivity (Wildman–Crippen MR) is 78.0 cm³/mol. The molecular weight excluding hydrogens is 418 g/mol. The molecule has 0 heterocycles. The number of esters is 1. The first-order valence-electron chi connectivity index (χ1n) is 6.78. The molecule has 0 aromatic carbocycles. The lowest BCUT2D eigenvalue weighted by Gasteiger charge is -2.22. The molecule has 0 rings (SSSR count). The molecule has 0 fully saturated rings. The Kier molecular flexibility index (Phi) is 7.74. The molecule has 0 radical (unpaired) electrons. The Labute approximate surface area is 146 Å². The second kappa shape index (κ2) is 8.15. The number of sulfone groups is 2. The molecule has 0 amide bonds. The fraction of sp³-hybridized carbons (Fsp3) is 0.750. The fourth-order valence-electron chi connectivity index (χ4n) is 1.72. The summed E-state index contributed by atoms with van der Waals surface area (Å²) in [7, 11) is -13.4. The number of hydrogen-bond donors (Lipinski definition) is 0. The molecule has 0 aromatic heterocycles. The molecule has 0 aliphatic rings. The molecule has 0 saturated heterocycles. The van der Waals surface area contributed by atoms with Crippen molar-refractivity contribution in [3.05, 3.63) is 12.2 Å². The largest absolute Gasteiger partial charge is 0.498 e. The minimum atomic E-state index is -6.69. The van der Waals surface area contributed by atoms with Crippen LogP contribution in [0.1, 0.15) is 33.1 Å².